The van der Waals surface area contributed by atoms with Gasteiger partial charge in [0.15, 0.2) is 0 Å². The zero-order valence-corrected chi connectivity index (χ0v) is 11.6. The fourth-order valence-corrected chi connectivity index (χ4v) is 2.39. The van der Waals surface area contributed by atoms with E-state index < -0.39 is 5.97 Å². The van der Waals surface area contributed by atoms with E-state index in [2.05, 4.69) is 5.32 Å². The Labute approximate surface area is 118 Å². The molecule has 0 bridgehead atoms. The van der Waals surface area contributed by atoms with Gasteiger partial charge in [0.2, 0.25) is 0 Å². The van der Waals surface area contributed by atoms with Gasteiger partial charge in [-0.05, 0) is 38.4 Å². The minimum atomic E-state index is -0.750. The average molecular weight is 276 g/mol. The van der Waals surface area contributed by atoms with E-state index in [-0.39, 0.29) is 11.8 Å². The number of hydrogen-bond donors (Lipinski definition) is 2. The largest absolute Gasteiger partial charge is 0.481 e. The van der Waals surface area contributed by atoms with Crippen molar-refractivity contribution in [3.8, 4) is 0 Å². The molecule has 1 aromatic carbocycles. The monoisotopic (exact) mass is 276 g/mol. The minimum Gasteiger partial charge on any atom is -0.481 e. The highest BCUT2D eigenvalue weighted by molar-refractivity contribution is 5.94. The topological polar surface area (TPSA) is 69.6 Å². The number of aryl methyl sites for hydroxylation is 1. The van der Waals surface area contributed by atoms with Crippen molar-refractivity contribution >= 4 is 11.9 Å². The van der Waals surface area contributed by atoms with E-state index in [1.807, 2.05) is 24.0 Å². The summed E-state index contributed by atoms with van der Waals surface area (Å²) in [6, 6.07) is 7.38. The highest BCUT2D eigenvalue weighted by atomic mass is 16.4. The Balaban J connectivity index is 1.84. The van der Waals surface area contributed by atoms with Crippen LogP contribution in [-0.4, -0.2) is 41.6 Å². The number of nitrogens with zero attached hydrogens (tertiary/aromatic N) is 1. The summed E-state index contributed by atoms with van der Waals surface area (Å²) >= 11 is 0. The third-order valence-electron chi connectivity index (χ3n) is 3.63. The van der Waals surface area contributed by atoms with Crippen molar-refractivity contribution in [2.24, 2.45) is 5.92 Å². The lowest BCUT2D eigenvalue weighted by atomic mass is 9.99. The molecule has 0 saturated carbocycles. The average Bonchev–Trinajstić information content (AvgIpc) is 2.46. The highest BCUT2D eigenvalue weighted by Gasteiger charge is 2.25. The van der Waals surface area contributed by atoms with Gasteiger partial charge in [-0.3, -0.25) is 14.5 Å². The molecule has 20 heavy (non-hydrogen) atoms. The lowest BCUT2D eigenvalue weighted by Gasteiger charge is -2.30. The smallest absolute Gasteiger partial charge is 0.307 e. The zero-order valence-electron chi connectivity index (χ0n) is 11.6. The van der Waals surface area contributed by atoms with Crippen molar-refractivity contribution < 1.29 is 14.7 Å². The van der Waals surface area contributed by atoms with Crippen molar-refractivity contribution in [1.82, 2.24) is 10.2 Å². The predicted molar refractivity (Wildman–Crippen MR) is 75.4 cm³/mol. The number of carbonyl (C=O) groups excluding carboxylic acids is 1. The Morgan fingerprint density at radius 1 is 1.35 bits per heavy atom. The fraction of sp³-hybridized carbons (Fsp3) is 0.467. The highest BCUT2D eigenvalue weighted by Crippen LogP contribution is 2.15. The molecule has 108 valence electrons. The van der Waals surface area contributed by atoms with Crippen LogP contribution in [0.5, 0.6) is 0 Å². The lowest BCUT2D eigenvalue weighted by molar-refractivity contribution is -0.143. The van der Waals surface area contributed by atoms with Gasteiger partial charge in [-0.1, -0.05) is 17.7 Å². The van der Waals surface area contributed by atoms with Crippen molar-refractivity contribution in [2.45, 2.75) is 19.8 Å². The molecule has 1 saturated heterocycles. The van der Waals surface area contributed by atoms with Gasteiger partial charge in [0.05, 0.1) is 12.6 Å². The van der Waals surface area contributed by atoms with Crippen molar-refractivity contribution in [2.75, 3.05) is 19.8 Å². The molecule has 1 fully saturated rings. The fourth-order valence-electron chi connectivity index (χ4n) is 2.39. The lowest BCUT2D eigenvalue weighted by Crippen LogP contribution is -2.44. The first-order valence-corrected chi connectivity index (χ1v) is 6.86. The van der Waals surface area contributed by atoms with Gasteiger partial charge in [-0.25, -0.2) is 0 Å². The maximum Gasteiger partial charge on any atom is 0.307 e. The molecule has 0 spiro atoms. The number of piperidine rings is 1. The number of carboxylic acids is 1. The maximum atomic E-state index is 12.0. The minimum absolute atomic E-state index is 0.123. The normalized spacial score (nSPS) is 19.6. The van der Waals surface area contributed by atoms with Crippen molar-refractivity contribution in [1.29, 1.82) is 0 Å². The Kier molecular flexibility index (Phi) is 4.74. The van der Waals surface area contributed by atoms with Crippen LogP contribution in [0, 0.1) is 12.8 Å². The standard InChI is InChI=1S/C15H20N2O3/c1-11-4-6-12(7-5-11)14(18)16-10-17-8-2-3-13(9-17)15(19)20/h4-7,13H,2-3,8-10H2,1H3,(H,16,18)(H,19,20). The van der Waals surface area contributed by atoms with Crippen LogP contribution in [0.4, 0.5) is 0 Å². The third kappa shape index (κ3) is 3.81. The van der Waals surface area contributed by atoms with Crippen LogP contribution < -0.4 is 5.32 Å². The van der Waals surface area contributed by atoms with Gasteiger partial charge in [-0.2, -0.15) is 0 Å². The Morgan fingerprint density at radius 3 is 2.70 bits per heavy atom. The number of amides is 1. The summed E-state index contributed by atoms with van der Waals surface area (Å²) in [7, 11) is 0. The molecular formula is C15H20N2O3. The summed E-state index contributed by atoms with van der Waals surface area (Å²) in [5.41, 5.74) is 1.74. The second-order valence-electron chi connectivity index (χ2n) is 5.28. The number of nitrogens with one attached hydrogen (secondary N) is 1. The van der Waals surface area contributed by atoms with Crippen LogP contribution in [0.3, 0.4) is 0 Å². The molecule has 1 heterocycles. The van der Waals surface area contributed by atoms with E-state index in [1.54, 1.807) is 12.1 Å². The molecule has 2 rings (SSSR count). The van der Waals surface area contributed by atoms with E-state index in [9.17, 15) is 9.59 Å². The second kappa shape index (κ2) is 6.52. The summed E-state index contributed by atoms with van der Waals surface area (Å²) in [4.78, 5) is 24.9. The number of aliphatic carboxylic acids is 1. The van der Waals surface area contributed by atoms with Crippen LogP contribution in [0.1, 0.15) is 28.8 Å². The summed E-state index contributed by atoms with van der Waals surface area (Å²) in [5, 5.41) is 11.9. The Morgan fingerprint density at radius 2 is 2.05 bits per heavy atom. The molecule has 5 nitrogen and oxygen atoms in total. The second-order valence-corrected chi connectivity index (χ2v) is 5.28. The zero-order chi connectivity index (χ0) is 14.5. The third-order valence-corrected chi connectivity index (χ3v) is 3.63. The van der Waals surface area contributed by atoms with Gasteiger partial charge >= 0.3 is 5.97 Å². The maximum absolute atomic E-state index is 12.0. The first-order valence-electron chi connectivity index (χ1n) is 6.86. The van der Waals surface area contributed by atoms with Crippen LogP contribution >= 0.6 is 0 Å². The molecule has 1 aromatic rings. The van der Waals surface area contributed by atoms with E-state index in [4.69, 9.17) is 5.11 Å². The molecule has 0 aromatic heterocycles. The first kappa shape index (κ1) is 14.5. The number of benzene rings is 1. The molecule has 1 aliphatic rings. The van der Waals surface area contributed by atoms with Crippen LogP contribution in [0.15, 0.2) is 24.3 Å². The summed E-state index contributed by atoms with van der Waals surface area (Å²) in [5.74, 6) is -1.19. The van der Waals surface area contributed by atoms with Gasteiger partial charge < -0.3 is 10.4 Å². The predicted octanol–water partition coefficient (Wildman–Crippen LogP) is 1.48. The van der Waals surface area contributed by atoms with Crippen molar-refractivity contribution in [3.05, 3.63) is 35.4 Å². The van der Waals surface area contributed by atoms with Crippen LogP contribution in [0.2, 0.25) is 0 Å². The molecule has 1 atom stereocenters. The van der Waals surface area contributed by atoms with Crippen molar-refractivity contribution in [3.63, 3.8) is 0 Å². The number of carbonyl (C=O) groups is 2. The summed E-state index contributed by atoms with van der Waals surface area (Å²) < 4.78 is 0. The molecule has 0 aliphatic carbocycles. The summed E-state index contributed by atoms with van der Waals surface area (Å²) in [6.45, 7) is 3.71. The first-order chi connectivity index (χ1) is 9.56. The molecule has 1 aliphatic heterocycles. The number of carboxylic acid groups (broad SMARTS) is 1. The van der Waals surface area contributed by atoms with E-state index in [0.29, 0.717) is 18.8 Å². The SMILES string of the molecule is Cc1ccc(C(=O)NCN2CCCC(C(=O)O)C2)cc1. The van der Waals surface area contributed by atoms with Gasteiger partial charge in [-0.15, -0.1) is 0 Å². The van der Waals surface area contributed by atoms with E-state index in [0.717, 1.165) is 24.9 Å². The molecule has 0 radical (unpaired) electrons. The molecular weight excluding hydrogens is 256 g/mol. The molecule has 2 N–H and O–H groups in total. The number of rotatable bonds is 4. The van der Waals surface area contributed by atoms with Gasteiger partial charge in [0.1, 0.15) is 0 Å². The molecule has 5 heteroatoms. The van der Waals surface area contributed by atoms with Crippen LogP contribution in [-0.2, 0) is 4.79 Å². The van der Waals surface area contributed by atoms with Crippen LogP contribution in [0.25, 0.3) is 0 Å². The summed E-state index contributed by atoms with van der Waals surface area (Å²) in [6.07, 6.45) is 1.58. The Hall–Kier alpha value is -1.88. The molecule has 1 unspecified atom stereocenters. The quantitative estimate of drug-likeness (QED) is 0.874. The molecule has 1 amide bonds. The van der Waals surface area contributed by atoms with Gasteiger partial charge in [0, 0.05) is 12.1 Å². The number of hydrogen-bond acceptors (Lipinski definition) is 3. The van der Waals surface area contributed by atoms with E-state index >= 15 is 0 Å². The van der Waals surface area contributed by atoms with Gasteiger partial charge in [0.25, 0.3) is 5.91 Å². The number of likely N-dealkylation sites (tertiary alicyclic amines) is 1. The van der Waals surface area contributed by atoms with E-state index in [1.165, 1.54) is 0 Å². The Bertz CT molecular complexity index is 484.